The molecule has 3 rings (SSSR count). The molecule has 0 spiro atoms. The number of halogens is 1. The summed E-state index contributed by atoms with van der Waals surface area (Å²) in [7, 11) is 1.99. The number of benzene rings is 2. The summed E-state index contributed by atoms with van der Waals surface area (Å²) in [5.41, 5.74) is 9.70. The van der Waals surface area contributed by atoms with E-state index < -0.39 is 0 Å². The van der Waals surface area contributed by atoms with Crippen molar-refractivity contribution in [3.8, 4) is 0 Å². The summed E-state index contributed by atoms with van der Waals surface area (Å²) in [5, 5.41) is 8.53. The Hall–Kier alpha value is -2.27. The van der Waals surface area contributed by atoms with Gasteiger partial charge in [-0.3, -0.25) is 0 Å². The van der Waals surface area contributed by atoms with Crippen LogP contribution in [-0.2, 0) is 0 Å². The van der Waals surface area contributed by atoms with Crippen molar-refractivity contribution < 1.29 is 4.63 Å². The number of hydrogen-bond donors (Lipinski definition) is 1. The minimum absolute atomic E-state index is 0.118. The fraction of sp³-hybridized carbons (Fsp3) is 0.200. The maximum absolute atomic E-state index is 6.07. The number of fused-ring (bicyclic) bond motifs is 1. The Kier molecular flexibility index (Phi) is 3.43. The van der Waals surface area contributed by atoms with Gasteiger partial charge in [0.1, 0.15) is 0 Å². The van der Waals surface area contributed by atoms with E-state index in [2.05, 4.69) is 22.1 Å². The Morgan fingerprint density at radius 3 is 2.71 bits per heavy atom. The average Bonchev–Trinajstić information content (AvgIpc) is 2.96. The van der Waals surface area contributed by atoms with Crippen LogP contribution in [0.2, 0.25) is 5.02 Å². The van der Waals surface area contributed by atoms with Gasteiger partial charge in [-0.05, 0) is 47.1 Å². The van der Waals surface area contributed by atoms with E-state index in [1.165, 1.54) is 0 Å². The second kappa shape index (κ2) is 5.26. The summed E-state index contributed by atoms with van der Waals surface area (Å²) in [6.07, 6.45) is 0. The molecule has 0 amide bonds. The van der Waals surface area contributed by atoms with Crippen LogP contribution in [0.5, 0.6) is 0 Å². The van der Waals surface area contributed by atoms with Crippen molar-refractivity contribution in [2.75, 3.05) is 17.7 Å². The molecule has 21 heavy (non-hydrogen) atoms. The quantitative estimate of drug-likeness (QED) is 0.748. The lowest BCUT2D eigenvalue weighted by Gasteiger charge is -2.27. The summed E-state index contributed by atoms with van der Waals surface area (Å²) in [4.78, 5) is 2.09. The van der Waals surface area contributed by atoms with Gasteiger partial charge in [-0.25, -0.2) is 4.63 Å². The molecule has 0 aliphatic rings. The smallest absolute Gasteiger partial charge is 0.160 e. The summed E-state index contributed by atoms with van der Waals surface area (Å²) in [5.74, 6) is 0. The number of aromatic nitrogens is 2. The highest BCUT2D eigenvalue weighted by atomic mass is 35.5. The predicted molar refractivity (Wildman–Crippen MR) is 84.5 cm³/mol. The van der Waals surface area contributed by atoms with Crippen LogP contribution in [0.1, 0.15) is 18.5 Å². The third-order valence-corrected chi connectivity index (χ3v) is 3.95. The number of nitrogens with two attached hydrogens (primary N) is 1. The van der Waals surface area contributed by atoms with E-state index in [1.807, 2.05) is 43.4 Å². The lowest BCUT2D eigenvalue weighted by Crippen LogP contribution is -2.22. The summed E-state index contributed by atoms with van der Waals surface area (Å²) >= 11 is 6.07. The van der Waals surface area contributed by atoms with Crippen molar-refractivity contribution >= 4 is 34.0 Å². The van der Waals surface area contributed by atoms with Gasteiger partial charge >= 0.3 is 0 Å². The summed E-state index contributed by atoms with van der Waals surface area (Å²) in [6, 6.07) is 11.7. The molecule has 0 saturated carbocycles. The van der Waals surface area contributed by atoms with Gasteiger partial charge in [-0.15, -0.1) is 0 Å². The maximum atomic E-state index is 6.07. The molecular formula is C15H15ClN4O. The Balaban J connectivity index is 2.02. The number of rotatable bonds is 3. The zero-order chi connectivity index (χ0) is 15.0. The van der Waals surface area contributed by atoms with Crippen LogP contribution < -0.4 is 10.6 Å². The van der Waals surface area contributed by atoms with Crippen molar-refractivity contribution in [1.29, 1.82) is 0 Å². The first-order chi connectivity index (χ1) is 10.1. The monoisotopic (exact) mass is 302 g/mol. The van der Waals surface area contributed by atoms with Crippen molar-refractivity contribution in [1.82, 2.24) is 10.3 Å². The number of nitrogens with zero attached hydrogens (tertiary/aromatic N) is 3. The van der Waals surface area contributed by atoms with Crippen LogP contribution in [0, 0.1) is 0 Å². The van der Waals surface area contributed by atoms with Gasteiger partial charge in [0.25, 0.3) is 0 Å². The molecule has 0 aliphatic carbocycles. The minimum atomic E-state index is 0.118. The third kappa shape index (κ3) is 2.40. The Morgan fingerprint density at radius 1 is 1.19 bits per heavy atom. The maximum Gasteiger partial charge on any atom is 0.160 e. The predicted octanol–water partition coefficient (Wildman–Crippen LogP) is 3.66. The zero-order valence-corrected chi connectivity index (χ0v) is 12.5. The van der Waals surface area contributed by atoms with Gasteiger partial charge in [0.15, 0.2) is 11.0 Å². The van der Waals surface area contributed by atoms with Crippen molar-refractivity contribution in [2.45, 2.75) is 13.0 Å². The van der Waals surface area contributed by atoms with Gasteiger partial charge in [0, 0.05) is 12.1 Å². The fourth-order valence-electron chi connectivity index (χ4n) is 2.36. The molecular weight excluding hydrogens is 288 g/mol. The summed E-state index contributed by atoms with van der Waals surface area (Å²) < 4.78 is 4.81. The molecule has 6 heteroatoms. The highest BCUT2D eigenvalue weighted by molar-refractivity contribution is 6.30. The van der Waals surface area contributed by atoms with E-state index in [1.54, 1.807) is 0 Å². The SMILES string of the molecule is CC(c1cccc(Cl)c1)N(C)c1ccc(N)c2nonc12. The van der Waals surface area contributed by atoms with E-state index in [9.17, 15) is 0 Å². The molecule has 3 aromatic rings. The van der Waals surface area contributed by atoms with Crippen molar-refractivity contribution in [3.63, 3.8) is 0 Å². The Morgan fingerprint density at radius 2 is 1.95 bits per heavy atom. The molecule has 1 atom stereocenters. The molecule has 5 nitrogen and oxygen atoms in total. The fourth-order valence-corrected chi connectivity index (χ4v) is 2.55. The van der Waals surface area contributed by atoms with Crippen LogP contribution in [0.25, 0.3) is 11.0 Å². The van der Waals surface area contributed by atoms with Crippen LogP contribution in [0.3, 0.4) is 0 Å². The summed E-state index contributed by atoms with van der Waals surface area (Å²) in [6.45, 7) is 2.10. The first kappa shape index (κ1) is 13.7. The molecule has 1 unspecified atom stereocenters. The molecule has 0 aliphatic heterocycles. The third-order valence-electron chi connectivity index (χ3n) is 3.72. The second-order valence-electron chi connectivity index (χ2n) is 4.98. The van der Waals surface area contributed by atoms with E-state index in [0.29, 0.717) is 16.7 Å². The van der Waals surface area contributed by atoms with E-state index >= 15 is 0 Å². The molecule has 0 bridgehead atoms. The first-order valence-corrected chi connectivity index (χ1v) is 6.95. The van der Waals surface area contributed by atoms with Gasteiger partial charge in [-0.1, -0.05) is 23.7 Å². The van der Waals surface area contributed by atoms with Crippen molar-refractivity contribution in [2.24, 2.45) is 0 Å². The lowest BCUT2D eigenvalue weighted by molar-refractivity contribution is 0.315. The zero-order valence-electron chi connectivity index (χ0n) is 11.7. The van der Waals surface area contributed by atoms with E-state index in [0.717, 1.165) is 16.3 Å². The molecule has 0 fully saturated rings. The first-order valence-electron chi connectivity index (χ1n) is 6.57. The van der Waals surface area contributed by atoms with E-state index in [4.69, 9.17) is 22.0 Å². The number of hydrogen-bond acceptors (Lipinski definition) is 5. The largest absolute Gasteiger partial charge is 0.397 e. The van der Waals surface area contributed by atoms with Crippen LogP contribution in [0.15, 0.2) is 41.0 Å². The molecule has 1 aromatic heterocycles. The molecule has 108 valence electrons. The van der Waals surface area contributed by atoms with Gasteiger partial charge in [0.2, 0.25) is 0 Å². The Bertz CT molecular complexity index is 786. The second-order valence-corrected chi connectivity index (χ2v) is 5.41. The number of nitrogen functional groups attached to an aromatic ring is 1. The van der Waals surface area contributed by atoms with Crippen molar-refractivity contribution in [3.05, 3.63) is 47.0 Å². The highest BCUT2D eigenvalue weighted by Gasteiger charge is 2.18. The lowest BCUT2D eigenvalue weighted by atomic mass is 10.1. The van der Waals surface area contributed by atoms with Gasteiger partial charge < -0.3 is 10.6 Å². The van der Waals surface area contributed by atoms with E-state index in [-0.39, 0.29) is 6.04 Å². The molecule has 0 radical (unpaired) electrons. The molecule has 1 heterocycles. The molecule has 2 aromatic carbocycles. The van der Waals surface area contributed by atoms with Gasteiger partial charge in [-0.2, -0.15) is 0 Å². The standard InChI is InChI=1S/C15H15ClN4O/c1-9(10-4-3-5-11(16)8-10)20(2)13-7-6-12(17)14-15(13)19-21-18-14/h3-9H,17H2,1-2H3. The van der Waals surface area contributed by atoms with Gasteiger partial charge in [0.05, 0.1) is 17.4 Å². The minimum Gasteiger partial charge on any atom is -0.397 e. The molecule has 0 saturated heterocycles. The van der Waals surface area contributed by atoms with Crippen LogP contribution >= 0.6 is 11.6 Å². The Labute approximate surface area is 127 Å². The number of anilines is 2. The van der Waals surface area contributed by atoms with Crippen LogP contribution in [-0.4, -0.2) is 17.4 Å². The molecule has 2 N–H and O–H groups in total. The average molecular weight is 303 g/mol. The topological polar surface area (TPSA) is 68.2 Å². The normalized spacial score (nSPS) is 12.5. The highest BCUT2D eigenvalue weighted by Crippen LogP contribution is 2.33. The van der Waals surface area contributed by atoms with Crippen LogP contribution in [0.4, 0.5) is 11.4 Å².